The molecule has 4 heteroatoms. The average molecular weight is 238 g/mol. The van der Waals surface area contributed by atoms with Crippen LogP contribution >= 0.6 is 0 Å². The minimum absolute atomic E-state index is 0.688. The monoisotopic (exact) mass is 238 g/mol. The highest BCUT2D eigenvalue weighted by Crippen LogP contribution is 2.31. The predicted molar refractivity (Wildman–Crippen MR) is 64.4 cm³/mol. The number of carbonyl (C=O) groups is 1. The Morgan fingerprint density at radius 3 is 2.47 bits per heavy atom. The number of carboxylic acids is 1. The van der Waals surface area contributed by atoms with E-state index in [1.165, 1.54) is 0 Å². The lowest BCUT2D eigenvalue weighted by Crippen LogP contribution is -2.39. The minimum Gasteiger partial charge on any atom is -0.496 e. The number of ether oxygens (including phenoxy) is 1. The van der Waals surface area contributed by atoms with Gasteiger partial charge in [0.15, 0.2) is 6.10 Å². The number of carboxylic acid groups (broad SMARTS) is 1. The van der Waals surface area contributed by atoms with Gasteiger partial charge in [0.2, 0.25) is 0 Å². The van der Waals surface area contributed by atoms with E-state index in [1.807, 2.05) is 19.1 Å². The molecule has 0 amide bonds. The minimum atomic E-state index is -1.45. The van der Waals surface area contributed by atoms with E-state index in [9.17, 15) is 9.90 Å². The maximum Gasteiger partial charge on any atom is 0.333 e. The number of methoxy groups -OCH3 is 1. The Balaban J connectivity index is 3.19. The van der Waals surface area contributed by atoms with Crippen molar-refractivity contribution in [1.29, 1.82) is 0 Å². The number of hydrogen-bond acceptors (Lipinski definition) is 3. The van der Waals surface area contributed by atoms with Crippen LogP contribution in [-0.2, 0) is 10.2 Å². The lowest BCUT2D eigenvalue weighted by molar-refractivity contribution is -0.150. The largest absolute Gasteiger partial charge is 0.496 e. The molecule has 17 heavy (non-hydrogen) atoms. The first-order chi connectivity index (χ1) is 7.80. The van der Waals surface area contributed by atoms with E-state index in [0.29, 0.717) is 5.75 Å². The van der Waals surface area contributed by atoms with Crippen molar-refractivity contribution >= 4 is 5.97 Å². The fourth-order valence-corrected chi connectivity index (χ4v) is 1.69. The molecule has 1 aromatic carbocycles. The highest BCUT2D eigenvalue weighted by molar-refractivity contribution is 5.74. The van der Waals surface area contributed by atoms with Crippen LogP contribution in [0.5, 0.6) is 5.75 Å². The quantitative estimate of drug-likeness (QED) is 0.838. The third-order valence-electron chi connectivity index (χ3n) is 3.07. The van der Waals surface area contributed by atoms with E-state index in [2.05, 4.69) is 0 Å². The van der Waals surface area contributed by atoms with Crippen LogP contribution < -0.4 is 4.74 Å². The molecule has 2 N–H and O–H groups in total. The van der Waals surface area contributed by atoms with E-state index in [0.717, 1.165) is 11.1 Å². The zero-order valence-corrected chi connectivity index (χ0v) is 10.5. The molecule has 1 rings (SSSR count). The van der Waals surface area contributed by atoms with Gasteiger partial charge in [-0.15, -0.1) is 0 Å². The van der Waals surface area contributed by atoms with E-state index >= 15 is 0 Å². The number of aryl methyl sites for hydroxylation is 1. The van der Waals surface area contributed by atoms with Crippen LogP contribution in [0.2, 0.25) is 0 Å². The number of benzene rings is 1. The van der Waals surface area contributed by atoms with Crippen molar-refractivity contribution in [3.8, 4) is 5.75 Å². The summed E-state index contributed by atoms with van der Waals surface area (Å²) >= 11 is 0. The van der Waals surface area contributed by atoms with Gasteiger partial charge < -0.3 is 14.9 Å². The number of aliphatic hydroxyl groups excluding tert-OH is 1. The highest BCUT2D eigenvalue weighted by Gasteiger charge is 2.35. The molecule has 1 aromatic rings. The van der Waals surface area contributed by atoms with Gasteiger partial charge >= 0.3 is 5.97 Å². The summed E-state index contributed by atoms with van der Waals surface area (Å²) in [7, 11) is 1.56. The Kier molecular flexibility index (Phi) is 3.78. The summed E-state index contributed by atoms with van der Waals surface area (Å²) in [6, 6.07) is 5.43. The molecule has 94 valence electrons. The van der Waals surface area contributed by atoms with Crippen molar-refractivity contribution in [2.45, 2.75) is 32.3 Å². The zero-order chi connectivity index (χ0) is 13.2. The van der Waals surface area contributed by atoms with Gasteiger partial charge in [-0.3, -0.25) is 0 Å². The molecule has 0 aliphatic rings. The summed E-state index contributed by atoms with van der Waals surface area (Å²) in [6.45, 7) is 5.29. The Bertz CT molecular complexity index is 423. The molecule has 0 aromatic heterocycles. The molecular formula is C13H18O4. The van der Waals surface area contributed by atoms with Crippen molar-refractivity contribution in [1.82, 2.24) is 0 Å². The van der Waals surface area contributed by atoms with Gasteiger partial charge in [-0.2, -0.15) is 0 Å². The van der Waals surface area contributed by atoms with Gasteiger partial charge in [-0.1, -0.05) is 26.0 Å². The van der Waals surface area contributed by atoms with Crippen LogP contribution in [-0.4, -0.2) is 29.4 Å². The molecular weight excluding hydrogens is 220 g/mol. The summed E-state index contributed by atoms with van der Waals surface area (Å²) in [6.07, 6.45) is -1.45. The van der Waals surface area contributed by atoms with Gasteiger partial charge in [-0.25, -0.2) is 4.79 Å². The summed E-state index contributed by atoms with van der Waals surface area (Å²) in [5.74, 6) is -0.539. The van der Waals surface area contributed by atoms with Gasteiger partial charge in [-0.05, 0) is 24.1 Å². The summed E-state index contributed by atoms with van der Waals surface area (Å²) in [5, 5.41) is 18.6. The number of rotatable bonds is 4. The van der Waals surface area contributed by atoms with Crippen LogP contribution in [0.3, 0.4) is 0 Å². The molecule has 0 fully saturated rings. The second kappa shape index (κ2) is 4.75. The molecule has 0 saturated heterocycles. The fourth-order valence-electron chi connectivity index (χ4n) is 1.69. The third-order valence-corrected chi connectivity index (χ3v) is 3.07. The van der Waals surface area contributed by atoms with Crippen LogP contribution in [0.25, 0.3) is 0 Å². The van der Waals surface area contributed by atoms with E-state index in [1.54, 1.807) is 27.0 Å². The third kappa shape index (κ3) is 2.58. The maximum absolute atomic E-state index is 10.9. The second-order valence-electron chi connectivity index (χ2n) is 4.65. The molecule has 1 unspecified atom stereocenters. The lowest BCUT2D eigenvalue weighted by Gasteiger charge is -2.28. The van der Waals surface area contributed by atoms with Crippen LogP contribution in [0, 0.1) is 6.92 Å². The van der Waals surface area contributed by atoms with Gasteiger partial charge in [0, 0.05) is 5.41 Å². The normalized spacial score (nSPS) is 13.2. The lowest BCUT2D eigenvalue weighted by atomic mass is 9.79. The Morgan fingerprint density at radius 2 is 2.00 bits per heavy atom. The Hall–Kier alpha value is -1.55. The molecule has 1 atom stereocenters. The van der Waals surface area contributed by atoms with Crippen molar-refractivity contribution in [3.63, 3.8) is 0 Å². The first-order valence-electron chi connectivity index (χ1n) is 5.36. The zero-order valence-electron chi connectivity index (χ0n) is 10.5. The van der Waals surface area contributed by atoms with Crippen molar-refractivity contribution in [3.05, 3.63) is 29.3 Å². The van der Waals surface area contributed by atoms with Crippen LogP contribution in [0.4, 0.5) is 0 Å². The van der Waals surface area contributed by atoms with Crippen molar-refractivity contribution < 1.29 is 19.7 Å². The molecule has 0 aliphatic heterocycles. The first kappa shape index (κ1) is 13.5. The molecule has 0 radical (unpaired) electrons. The first-order valence-corrected chi connectivity index (χ1v) is 5.36. The Morgan fingerprint density at radius 1 is 1.41 bits per heavy atom. The van der Waals surface area contributed by atoms with E-state index in [4.69, 9.17) is 9.84 Å². The molecule has 0 saturated carbocycles. The molecule has 0 spiro atoms. The van der Waals surface area contributed by atoms with Gasteiger partial charge in [0.1, 0.15) is 5.75 Å². The molecule has 0 aliphatic carbocycles. The summed E-state index contributed by atoms with van der Waals surface area (Å²) in [4.78, 5) is 10.9. The van der Waals surface area contributed by atoms with Crippen LogP contribution in [0.15, 0.2) is 18.2 Å². The smallest absolute Gasteiger partial charge is 0.333 e. The van der Waals surface area contributed by atoms with E-state index < -0.39 is 17.5 Å². The standard InChI is InChI=1S/C13H18O4/c1-8-5-6-9(7-10(8)17-4)13(2,3)11(14)12(15)16/h5-7,11,14H,1-4H3,(H,15,16). The number of aliphatic hydroxyl groups is 1. The van der Waals surface area contributed by atoms with Crippen LogP contribution in [0.1, 0.15) is 25.0 Å². The maximum atomic E-state index is 10.9. The van der Waals surface area contributed by atoms with Gasteiger partial charge in [0.05, 0.1) is 7.11 Å². The topological polar surface area (TPSA) is 66.8 Å². The summed E-state index contributed by atoms with van der Waals surface area (Å²) in [5.41, 5.74) is 0.832. The Labute approximate surface area is 101 Å². The second-order valence-corrected chi connectivity index (χ2v) is 4.65. The SMILES string of the molecule is COc1cc(C(C)(C)C(O)C(=O)O)ccc1C. The number of hydrogen-bond donors (Lipinski definition) is 2. The molecule has 0 heterocycles. The molecule has 4 nitrogen and oxygen atoms in total. The predicted octanol–water partition coefficient (Wildman–Crippen LogP) is 1.73. The summed E-state index contributed by atoms with van der Waals surface area (Å²) < 4.78 is 5.19. The highest BCUT2D eigenvalue weighted by atomic mass is 16.5. The van der Waals surface area contributed by atoms with Crippen molar-refractivity contribution in [2.75, 3.05) is 7.11 Å². The number of aliphatic carboxylic acids is 1. The van der Waals surface area contributed by atoms with Crippen molar-refractivity contribution in [2.24, 2.45) is 0 Å². The molecule has 0 bridgehead atoms. The average Bonchev–Trinajstić information content (AvgIpc) is 2.28. The van der Waals surface area contributed by atoms with E-state index in [-0.39, 0.29) is 0 Å². The van der Waals surface area contributed by atoms with Gasteiger partial charge in [0.25, 0.3) is 0 Å². The fraction of sp³-hybridized carbons (Fsp3) is 0.462.